The lowest BCUT2D eigenvalue weighted by atomic mass is 10.0. The zero-order chi connectivity index (χ0) is 13.7. The van der Waals surface area contributed by atoms with Crippen LogP contribution in [0, 0.1) is 0 Å². The molecule has 1 aliphatic rings. The van der Waals surface area contributed by atoms with Crippen LogP contribution in [-0.2, 0) is 4.74 Å². The molecule has 1 aliphatic heterocycles. The molecular weight excluding hydrogens is 242 g/mol. The normalized spacial score (nSPS) is 16.2. The summed E-state index contributed by atoms with van der Waals surface area (Å²) >= 11 is 0. The summed E-state index contributed by atoms with van der Waals surface area (Å²) in [6, 6.07) is 8.11. The maximum Gasteiger partial charge on any atom is 0.409 e. The number of anilines is 2. The van der Waals surface area contributed by atoms with Gasteiger partial charge in [0.2, 0.25) is 0 Å². The van der Waals surface area contributed by atoms with Crippen LogP contribution in [-0.4, -0.2) is 36.7 Å². The highest BCUT2D eigenvalue weighted by atomic mass is 16.6. The SMILES string of the molecule is CCOC(=O)N1CCC(Nc2ccccc2N)CC1. The third-order valence-corrected chi connectivity index (χ3v) is 3.34. The molecule has 0 unspecified atom stereocenters. The van der Waals surface area contributed by atoms with Gasteiger partial charge in [0.05, 0.1) is 18.0 Å². The van der Waals surface area contributed by atoms with Crippen LogP contribution >= 0.6 is 0 Å². The standard InChI is InChI=1S/C14H21N3O2/c1-2-19-14(18)17-9-7-11(8-10-17)16-13-6-4-3-5-12(13)15/h3-6,11,16H,2,7-10,15H2,1H3. The molecule has 1 saturated heterocycles. The lowest BCUT2D eigenvalue weighted by molar-refractivity contribution is 0.0983. The van der Waals surface area contributed by atoms with Crippen molar-refractivity contribution in [1.29, 1.82) is 0 Å². The van der Waals surface area contributed by atoms with Gasteiger partial charge >= 0.3 is 6.09 Å². The molecule has 0 aliphatic carbocycles. The summed E-state index contributed by atoms with van der Waals surface area (Å²) in [5.74, 6) is 0. The fourth-order valence-electron chi connectivity index (χ4n) is 2.27. The summed E-state index contributed by atoms with van der Waals surface area (Å²) in [7, 11) is 0. The predicted octanol–water partition coefficient (Wildman–Crippen LogP) is 2.30. The molecule has 104 valence electrons. The Morgan fingerprint density at radius 2 is 2.11 bits per heavy atom. The molecule has 0 saturated carbocycles. The predicted molar refractivity (Wildman–Crippen MR) is 76.1 cm³/mol. The van der Waals surface area contributed by atoms with Crippen LogP contribution in [0.1, 0.15) is 19.8 Å². The lowest BCUT2D eigenvalue weighted by Gasteiger charge is -2.32. The molecule has 0 bridgehead atoms. The Balaban J connectivity index is 1.84. The number of nitrogens with one attached hydrogen (secondary N) is 1. The van der Waals surface area contributed by atoms with Crippen molar-refractivity contribution in [1.82, 2.24) is 4.90 Å². The van der Waals surface area contributed by atoms with E-state index in [0.717, 1.165) is 37.3 Å². The van der Waals surface area contributed by atoms with Gasteiger partial charge in [-0.1, -0.05) is 12.1 Å². The van der Waals surface area contributed by atoms with E-state index in [4.69, 9.17) is 10.5 Å². The summed E-state index contributed by atoms with van der Waals surface area (Å²) in [4.78, 5) is 13.3. The van der Waals surface area contributed by atoms with Crippen LogP contribution in [0.25, 0.3) is 0 Å². The Kier molecular flexibility index (Phi) is 4.49. The Morgan fingerprint density at radius 3 is 2.74 bits per heavy atom. The van der Waals surface area contributed by atoms with Crippen molar-refractivity contribution in [3.05, 3.63) is 24.3 Å². The average molecular weight is 263 g/mol. The van der Waals surface area contributed by atoms with Gasteiger partial charge < -0.3 is 20.7 Å². The maximum absolute atomic E-state index is 11.6. The van der Waals surface area contributed by atoms with Crippen molar-refractivity contribution in [3.8, 4) is 0 Å². The number of nitrogens with zero attached hydrogens (tertiary/aromatic N) is 1. The molecule has 0 aromatic heterocycles. The largest absolute Gasteiger partial charge is 0.450 e. The number of piperidine rings is 1. The van der Waals surface area contributed by atoms with Crippen molar-refractivity contribution >= 4 is 17.5 Å². The summed E-state index contributed by atoms with van der Waals surface area (Å²) in [6.45, 7) is 3.70. The van der Waals surface area contributed by atoms with Gasteiger partial charge in [-0.25, -0.2) is 4.79 Å². The van der Waals surface area contributed by atoms with Gasteiger partial charge in [-0.3, -0.25) is 0 Å². The highest BCUT2D eigenvalue weighted by Crippen LogP contribution is 2.21. The highest BCUT2D eigenvalue weighted by molar-refractivity contribution is 5.68. The van der Waals surface area contributed by atoms with E-state index in [0.29, 0.717) is 12.6 Å². The molecule has 2 rings (SSSR count). The number of hydrogen-bond donors (Lipinski definition) is 2. The number of nitrogen functional groups attached to an aromatic ring is 1. The van der Waals surface area contributed by atoms with Crippen LogP contribution in [0.15, 0.2) is 24.3 Å². The summed E-state index contributed by atoms with van der Waals surface area (Å²) in [5, 5.41) is 3.44. The number of para-hydroxylation sites is 2. The fourth-order valence-corrected chi connectivity index (χ4v) is 2.27. The molecule has 0 atom stereocenters. The summed E-state index contributed by atoms with van der Waals surface area (Å²) < 4.78 is 5.00. The molecule has 1 aromatic rings. The second-order valence-corrected chi connectivity index (χ2v) is 4.69. The van der Waals surface area contributed by atoms with Crippen LogP contribution < -0.4 is 11.1 Å². The molecule has 0 radical (unpaired) electrons. The van der Waals surface area contributed by atoms with Crippen LogP contribution in [0.2, 0.25) is 0 Å². The zero-order valence-electron chi connectivity index (χ0n) is 11.3. The molecule has 1 aromatic carbocycles. The Hall–Kier alpha value is -1.91. The number of likely N-dealkylation sites (tertiary alicyclic amines) is 1. The first kappa shape index (κ1) is 13.5. The number of rotatable bonds is 3. The molecule has 19 heavy (non-hydrogen) atoms. The highest BCUT2D eigenvalue weighted by Gasteiger charge is 2.23. The minimum atomic E-state index is -0.208. The van der Waals surface area contributed by atoms with Gasteiger partial charge in [0, 0.05) is 19.1 Å². The van der Waals surface area contributed by atoms with Gasteiger partial charge in [-0.15, -0.1) is 0 Å². The number of carbonyl (C=O) groups excluding carboxylic acids is 1. The average Bonchev–Trinajstić information content (AvgIpc) is 2.42. The van der Waals surface area contributed by atoms with E-state index < -0.39 is 0 Å². The van der Waals surface area contributed by atoms with Crippen molar-refractivity contribution in [2.24, 2.45) is 0 Å². The minimum absolute atomic E-state index is 0.208. The number of carbonyl (C=O) groups is 1. The topological polar surface area (TPSA) is 67.6 Å². The van der Waals surface area contributed by atoms with Gasteiger partial charge in [-0.2, -0.15) is 0 Å². The van der Waals surface area contributed by atoms with E-state index in [1.54, 1.807) is 4.90 Å². The fraction of sp³-hybridized carbons (Fsp3) is 0.500. The molecule has 3 N–H and O–H groups in total. The Bertz CT molecular complexity index is 428. The van der Waals surface area contributed by atoms with Crippen molar-refractivity contribution in [2.75, 3.05) is 30.7 Å². The summed E-state index contributed by atoms with van der Waals surface area (Å²) in [5.41, 5.74) is 7.63. The number of nitrogens with two attached hydrogens (primary N) is 1. The Morgan fingerprint density at radius 1 is 1.42 bits per heavy atom. The van der Waals surface area contributed by atoms with Crippen molar-refractivity contribution in [3.63, 3.8) is 0 Å². The molecule has 1 amide bonds. The van der Waals surface area contributed by atoms with E-state index >= 15 is 0 Å². The first-order valence-electron chi connectivity index (χ1n) is 6.73. The van der Waals surface area contributed by atoms with Crippen LogP contribution in [0.5, 0.6) is 0 Å². The second-order valence-electron chi connectivity index (χ2n) is 4.69. The van der Waals surface area contributed by atoms with Gasteiger partial charge in [0.1, 0.15) is 0 Å². The summed E-state index contributed by atoms with van der Waals surface area (Å²) in [6.07, 6.45) is 1.61. The van der Waals surface area contributed by atoms with Gasteiger partial charge in [-0.05, 0) is 31.9 Å². The molecule has 0 spiro atoms. The van der Waals surface area contributed by atoms with E-state index in [1.807, 2.05) is 31.2 Å². The van der Waals surface area contributed by atoms with Gasteiger partial charge in [0.25, 0.3) is 0 Å². The quantitative estimate of drug-likeness (QED) is 0.821. The first-order chi connectivity index (χ1) is 9.20. The minimum Gasteiger partial charge on any atom is -0.450 e. The number of hydrogen-bond acceptors (Lipinski definition) is 4. The number of ether oxygens (including phenoxy) is 1. The van der Waals surface area contributed by atoms with Crippen LogP contribution in [0.3, 0.4) is 0 Å². The van der Waals surface area contributed by atoms with Crippen LogP contribution in [0.4, 0.5) is 16.2 Å². The number of amides is 1. The molecule has 1 heterocycles. The third kappa shape index (κ3) is 3.53. The molecular formula is C14H21N3O2. The lowest BCUT2D eigenvalue weighted by Crippen LogP contribution is -2.42. The van der Waals surface area contributed by atoms with Crippen molar-refractivity contribution < 1.29 is 9.53 Å². The van der Waals surface area contributed by atoms with E-state index in [9.17, 15) is 4.79 Å². The molecule has 5 heteroatoms. The van der Waals surface area contributed by atoms with Gasteiger partial charge in [0.15, 0.2) is 0 Å². The first-order valence-corrected chi connectivity index (χ1v) is 6.73. The monoisotopic (exact) mass is 263 g/mol. The second kappa shape index (κ2) is 6.31. The van der Waals surface area contributed by atoms with E-state index in [-0.39, 0.29) is 6.09 Å². The zero-order valence-corrected chi connectivity index (χ0v) is 11.3. The number of benzene rings is 1. The Labute approximate surface area is 113 Å². The molecule has 1 fully saturated rings. The van der Waals surface area contributed by atoms with E-state index in [2.05, 4.69) is 5.32 Å². The van der Waals surface area contributed by atoms with Crippen molar-refractivity contribution in [2.45, 2.75) is 25.8 Å². The third-order valence-electron chi connectivity index (χ3n) is 3.34. The maximum atomic E-state index is 11.6. The molecule has 5 nitrogen and oxygen atoms in total. The smallest absolute Gasteiger partial charge is 0.409 e. The van der Waals surface area contributed by atoms with E-state index in [1.165, 1.54) is 0 Å².